The Bertz CT molecular complexity index is 476. The minimum atomic E-state index is 0.371. The van der Waals surface area contributed by atoms with Gasteiger partial charge in [-0.05, 0) is 12.1 Å². The van der Waals surface area contributed by atoms with Gasteiger partial charge in [-0.2, -0.15) is 0 Å². The number of hydrogen-bond acceptors (Lipinski definition) is 3. The molecule has 0 fully saturated rings. The van der Waals surface area contributed by atoms with Gasteiger partial charge in [0.15, 0.2) is 6.29 Å². The Hall–Kier alpha value is -1.48. The summed E-state index contributed by atoms with van der Waals surface area (Å²) in [5, 5.41) is 1.05. The molecule has 3 nitrogen and oxygen atoms in total. The zero-order valence-electron chi connectivity index (χ0n) is 6.58. The molecule has 1 aromatic carbocycles. The molecule has 0 bridgehead atoms. The number of rotatable bonds is 1. The van der Waals surface area contributed by atoms with Gasteiger partial charge >= 0.3 is 0 Å². The van der Waals surface area contributed by atoms with Crippen LogP contribution in [0.2, 0.25) is 5.02 Å². The zero-order valence-corrected chi connectivity index (χ0v) is 7.34. The molecule has 13 heavy (non-hydrogen) atoms. The Morgan fingerprint density at radius 3 is 3.00 bits per heavy atom. The molecule has 0 unspecified atom stereocenters. The van der Waals surface area contributed by atoms with Crippen molar-refractivity contribution in [3.8, 4) is 0 Å². The van der Waals surface area contributed by atoms with E-state index in [1.54, 1.807) is 6.07 Å². The predicted molar refractivity (Wildman–Crippen MR) is 51.0 cm³/mol. The summed E-state index contributed by atoms with van der Waals surface area (Å²) >= 11 is 5.80. The van der Waals surface area contributed by atoms with Crippen molar-refractivity contribution in [2.24, 2.45) is 0 Å². The number of nitrogen functional groups attached to an aromatic ring is 1. The molecule has 4 heteroatoms. The van der Waals surface area contributed by atoms with Crippen LogP contribution in [-0.4, -0.2) is 6.29 Å². The number of anilines is 1. The highest BCUT2D eigenvalue weighted by Gasteiger charge is 2.10. The maximum Gasteiger partial charge on any atom is 0.153 e. The van der Waals surface area contributed by atoms with E-state index in [0.29, 0.717) is 33.5 Å². The quantitative estimate of drug-likeness (QED) is 0.562. The SMILES string of the molecule is Nc1c(Cl)cc(C=O)c2occc12. The lowest BCUT2D eigenvalue weighted by Crippen LogP contribution is -1.90. The molecule has 1 aromatic heterocycles. The first kappa shape index (κ1) is 8.13. The largest absolute Gasteiger partial charge is 0.464 e. The third kappa shape index (κ3) is 1.09. The molecule has 1 heterocycles. The average Bonchev–Trinajstić information content (AvgIpc) is 2.60. The van der Waals surface area contributed by atoms with Gasteiger partial charge < -0.3 is 10.2 Å². The monoisotopic (exact) mass is 195 g/mol. The van der Waals surface area contributed by atoms with Gasteiger partial charge in [-0.15, -0.1) is 0 Å². The summed E-state index contributed by atoms with van der Waals surface area (Å²) in [4.78, 5) is 10.6. The smallest absolute Gasteiger partial charge is 0.153 e. The molecule has 2 aromatic rings. The number of furan rings is 1. The summed E-state index contributed by atoms with van der Waals surface area (Å²) in [6.07, 6.45) is 2.17. The first-order valence-corrected chi connectivity index (χ1v) is 4.02. The molecule has 66 valence electrons. The van der Waals surface area contributed by atoms with Crippen molar-refractivity contribution in [1.82, 2.24) is 0 Å². The molecule has 2 rings (SSSR count). The third-order valence-electron chi connectivity index (χ3n) is 1.88. The summed E-state index contributed by atoms with van der Waals surface area (Å²) in [5.74, 6) is 0. The highest BCUT2D eigenvalue weighted by atomic mass is 35.5. The molecule has 0 atom stereocenters. The summed E-state index contributed by atoms with van der Waals surface area (Å²) in [7, 11) is 0. The van der Waals surface area contributed by atoms with Gasteiger partial charge in [0.2, 0.25) is 0 Å². The number of carbonyl (C=O) groups is 1. The first-order chi connectivity index (χ1) is 6.24. The molecule has 0 amide bonds. The fourth-order valence-electron chi connectivity index (χ4n) is 1.24. The van der Waals surface area contributed by atoms with E-state index in [1.165, 1.54) is 12.3 Å². The standard InChI is InChI=1S/C9H6ClNO2/c10-7-3-5(4-12)9-6(8(7)11)1-2-13-9/h1-4H,11H2. The second-order valence-corrected chi connectivity index (χ2v) is 3.05. The fourth-order valence-corrected chi connectivity index (χ4v) is 1.46. The van der Waals surface area contributed by atoms with Crippen LogP contribution < -0.4 is 5.73 Å². The Kier molecular flexibility index (Phi) is 1.74. The summed E-state index contributed by atoms with van der Waals surface area (Å²) < 4.78 is 5.11. The van der Waals surface area contributed by atoms with Crippen molar-refractivity contribution in [3.63, 3.8) is 0 Å². The van der Waals surface area contributed by atoms with Crippen LogP contribution in [0.4, 0.5) is 5.69 Å². The number of carbonyl (C=O) groups excluding carboxylic acids is 1. The third-order valence-corrected chi connectivity index (χ3v) is 2.20. The lowest BCUT2D eigenvalue weighted by Gasteiger charge is -2.00. The molecular weight excluding hydrogens is 190 g/mol. The highest BCUT2D eigenvalue weighted by Crippen LogP contribution is 2.31. The van der Waals surface area contributed by atoms with Crippen LogP contribution in [0.3, 0.4) is 0 Å². The number of halogens is 1. The predicted octanol–water partition coefficient (Wildman–Crippen LogP) is 2.48. The van der Waals surface area contributed by atoms with Crippen molar-refractivity contribution < 1.29 is 9.21 Å². The van der Waals surface area contributed by atoms with Crippen LogP contribution in [0.1, 0.15) is 10.4 Å². The number of fused-ring (bicyclic) bond motifs is 1. The summed E-state index contributed by atoms with van der Waals surface area (Å²) in [5.41, 5.74) is 7.02. The van der Waals surface area contributed by atoms with E-state index < -0.39 is 0 Å². The van der Waals surface area contributed by atoms with E-state index in [4.69, 9.17) is 21.8 Å². The minimum Gasteiger partial charge on any atom is -0.464 e. The van der Waals surface area contributed by atoms with Gasteiger partial charge in [-0.25, -0.2) is 0 Å². The zero-order chi connectivity index (χ0) is 9.42. The van der Waals surface area contributed by atoms with E-state index in [0.717, 1.165) is 0 Å². The maximum atomic E-state index is 10.6. The van der Waals surface area contributed by atoms with Gasteiger partial charge in [0.05, 0.1) is 22.5 Å². The average molecular weight is 196 g/mol. The normalized spacial score (nSPS) is 10.5. The fraction of sp³-hybridized carbons (Fsp3) is 0. The van der Waals surface area contributed by atoms with Crippen LogP contribution in [0, 0.1) is 0 Å². The van der Waals surface area contributed by atoms with E-state index in [2.05, 4.69) is 0 Å². The number of benzene rings is 1. The van der Waals surface area contributed by atoms with Crippen molar-refractivity contribution >= 4 is 34.5 Å². The highest BCUT2D eigenvalue weighted by molar-refractivity contribution is 6.35. The maximum absolute atomic E-state index is 10.6. The first-order valence-electron chi connectivity index (χ1n) is 3.64. The van der Waals surface area contributed by atoms with Crippen LogP contribution in [0.5, 0.6) is 0 Å². The van der Waals surface area contributed by atoms with Gasteiger partial charge in [0.1, 0.15) is 5.58 Å². The second-order valence-electron chi connectivity index (χ2n) is 2.64. The Morgan fingerprint density at radius 2 is 2.31 bits per heavy atom. The van der Waals surface area contributed by atoms with Crippen molar-refractivity contribution in [3.05, 3.63) is 29.0 Å². The molecule has 0 aliphatic carbocycles. The van der Waals surface area contributed by atoms with E-state index >= 15 is 0 Å². The van der Waals surface area contributed by atoms with Crippen LogP contribution >= 0.6 is 11.6 Å². The lowest BCUT2D eigenvalue weighted by molar-refractivity contribution is 0.112. The molecule has 2 N–H and O–H groups in total. The molecular formula is C9H6ClNO2. The van der Waals surface area contributed by atoms with E-state index in [1.807, 2.05) is 0 Å². The topological polar surface area (TPSA) is 56.2 Å². The Balaban J connectivity index is 2.95. The molecule has 0 aliphatic heterocycles. The Morgan fingerprint density at radius 1 is 1.54 bits per heavy atom. The van der Waals surface area contributed by atoms with Gasteiger partial charge in [-0.3, -0.25) is 4.79 Å². The van der Waals surface area contributed by atoms with Crippen LogP contribution in [-0.2, 0) is 0 Å². The van der Waals surface area contributed by atoms with Gasteiger partial charge in [0.25, 0.3) is 0 Å². The van der Waals surface area contributed by atoms with Gasteiger partial charge in [0, 0.05) is 5.39 Å². The minimum absolute atomic E-state index is 0.371. The molecule has 0 aliphatic rings. The van der Waals surface area contributed by atoms with Crippen LogP contribution in [0.25, 0.3) is 11.0 Å². The molecule has 0 saturated heterocycles. The number of hydrogen-bond donors (Lipinski definition) is 1. The number of nitrogens with two attached hydrogens (primary N) is 1. The summed E-state index contributed by atoms with van der Waals surface area (Å²) in [6.45, 7) is 0. The van der Waals surface area contributed by atoms with E-state index in [9.17, 15) is 4.79 Å². The molecule has 0 saturated carbocycles. The van der Waals surface area contributed by atoms with Gasteiger partial charge in [-0.1, -0.05) is 11.6 Å². The van der Waals surface area contributed by atoms with Crippen LogP contribution in [0.15, 0.2) is 22.8 Å². The number of aldehydes is 1. The Labute approximate surface area is 79.1 Å². The van der Waals surface area contributed by atoms with Crippen molar-refractivity contribution in [1.29, 1.82) is 0 Å². The lowest BCUT2D eigenvalue weighted by atomic mass is 10.1. The van der Waals surface area contributed by atoms with E-state index in [-0.39, 0.29) is 0 Å². The molecule has 0 radical (unpaired) electrons. The summed E-state index contributed by atoms with van der Waals surface area (Å²) in [6, 6.07) is 3.18. The van der Waals surface area contributed by atoms with Crippen molar-refractivity contribution in [2.45, 2.75) is 0 Å². The van der Waals surface area contributed by atoms with Crippen molar-refractivity contribution in [2.75, 3.05) is 5.73 Å². The second kappa shape index (κ2) is 2.78. The molecule has 0 spiro atoms.